The summed E-state index contributed by atoms with van der Waals surface area (Å²) in [4.78, 5) is 22.7. The molecular weight excluding hydrogens is 268 g/mol. The molecule has 0 fully saturated rings. The lowest BCUT2D eigenvalue weighted by Crippen LogP contribution is -2.40. The summed E-state index contributed by atoms with van der Waals surface area (Å²) in [5, 5.41) is 18.5. The van der Waals surface area contributed by atoms with Crippen molar-refractivity contribution in [3.05, 3.63) is 71.3 Å². The van der Waals surface area contributed by atoms with Crippen LogP contribution in [0.15, 0.2) is 54.6 Å². The lowest BCUT2D eigenvalue weighted by molar-refractivity contribution is -0.156. The number of carbonyl (C=O) groups is 2. The summed E-state index contributed by atoms with van der Waals surface area (Å²) in [5.74, 6) is -2.74. The molecule has 0 heterocycles. The van der Waals surface area contributed by atoms with Crippen molar-refractivity contribution in [2.75, 3.05) is 0 Å². The number of rotatable bonds is 5. The second kappa shape index (κ2) is 5.79. The fourth-order valence-electron chi connectivity index (χ4n) is 2.16. The van der Waals surface area contributed by atoms with Crippen molar-refractivity contribution in [1.82, 2.24) is 0 Å². The quantitative estimate of drug-likeness (QED) is 0.828. The molecule has 0 saturated heterocycles. The average molecular weight is 284 g/mol. The number of hydrogen-bond donors (Lipinski definition) is 2. The van der Waals surface area contributed by atoms with Crippen molar-refractivity contribution in [3.63, 3.8) is 0 Å². The van der Waals surface area contributed by atoms with Crippen LogP contribution >= 0.6 is 0 Å². The fourth-order valence-corrected chi connectivity index (χ4v) is 2.16. The first-order chi connectivity index (χ1) is 9.94. The lowest BCUT2D eigenvalue weighted by Gasteiger charge is -2.20. The minimum absolute atomic E-state index is 0.274. The molecule has 0 aliphatic rings. The van der Waals surface area contributed by atoms with Crippen LogP contribution in [0.4, 0.5) is 0 Å². The summed E-state index contributed by atoms with van der Waals surface area (Å²) in [5.41, 5.74) is 0.303. The zero-order valence-corrected chi connectivity index (χ0v) is 11.6. The molecule has 21 heavy (non-hydrogen) atoms. The van der Waals surface area contributed by atoms with Gasteiger partial charge in [-0.25, -0.2) is 0 Å². The molecule has 0 aromatic heterocycles. The van der Waals surface area contributed by atoms with E-state index in [-0.39, 0.29) is 5.56 Å². The third-order valence-corrected chi connectivity index (χ3v) is 3.61. The zero-order valence-electron chi connectivity index (χ0n) is 11.6. The topological polar surface area (TPSA) is 74.6 Å². The maximum Gasteiger partial charge on any atom is 0.325 e. The molecule has 0 unspecified atom stereocenters. The van der Waals surface area contributed by atoms with Gasteiger partial charge in [-0.15, -0.1) is 0 Å². The molecule has 0 bridgehead atoms. The normalized spacial score (nSPS) is 11.1. The molecule has 108 valence electrons. The molecule has 2 rings (SSSR count). The first-order valence-electron chi connectivity index (χ1n) is 6.54. The van der Waals surface area contributed by atoms with E-state index in [0.717, 1.165) is 11.1 Å². The number of hydrogen-bond acceptors (Lipinski definition) is 2. The molecule has 0 atom stereocenters. The van der Waals surface area contributed by atoms with Gasteiger partial charge in [-0.3, -0.25) is 9.59 Å². The van der Waals surface area contributed by atoms with Crippen LogP contribution in [0.2, 0.25) is 0 Å². The fraction of sp³-hybridized carbons (Fsp3) is 0.176. The van der Waals surface area contributed by atoms with Crippen LogP contribution in [0.5, 0.6) is 0 Å². The standard InChI is InChI=1S/C17H16O4/c1-17(15(18)19,16(20)21)14-9-5-8-13(11-14)10-12-6-3-2-4-7-12/h2-9,11H,10H2,1H3,(H,18,19)(H,20,21). The highest BCUT2D eigenvalue weighted by Crippen LogP contribution is 2.26. The van der Waals surface area contributed by atoms with Gasteiger partial charge < -0.3 is 10.2 Å². The Morgan fingerprint density at radius 2 is 1.48 bits per heavy atom. The van der Waals surface area contributed by atoms with Crippen molar-refractivity contribution >= 4 is 11.9 Å². The van der Waals surface area contributed by atoms with E-state index in [9.17, 15) is 19.8 Å². The Kier molecular flexibility index (Phi) is 4.08. The number of carboxylic acid groups (broad SMARTS) is 2. The maximum atomic E-state index is 11.4. The summed E-state index contributed by atoms with van der Waals surface area (Å²) in [6.45, 7) is 1.21. The van der Waals surface area contributed by atoms with Crippen molar-refractivity contribution in [1.29, 1.82) is 0 Å². The van der Waals surface area contributed by atoms with Crippen molar-refractivity contribution < 1.29 is 19.8 Å². The highest BCUT2D eigenvalue weighted by molar-refractivity contribution is 6.04. The third kappa shape index (κ3) is 2.94. The summed E-state index contributed by atoms with van der Waals surface area (Å²) in [6.07, 6.45) is 0.629. The lowest BCUT2D eigenvalue weighted by atomic mass is 9.81. The van der Waals surface area contributed by atoms with Gasteiger partial charge in [0.1, 0.15) is 0 Å². The Bertz CT molecular complexity index is 648. The Hall–Kier alpha value is -2.62. The second-order valence-corrected chi connectivity index (χ2v) is 5.10. The smallest absolute Gasteiger partial charge is 0.325 e. The van der Waals surface area contributed by atoms with Gasteiger partial charge in [0.2, 0.25) is 0 Å². The molecule has 0 radical (unpaired) electrons. The number of aliphatic carboxylic acids is 2. The van der Waals surface area contributed by atoms with E-state index in [0.29, 0.717) is 6.42 Å². The summed E-state index contributed by atoms with van der Waals surface area (Å²) in [6, 6.07) is 16.5. The molecule has 0 aliphatic heterocycles. The predicted molar refractivity (Wildman–Crippen MR) is 78.3 cm³/mol. The van der Waals surface area contributed by atoms with Crippen LogP contribution in [0.25, 0.3) is 0 Å². The van der Waals surface area contributed by atoms with Crippen molar-refractivity contribution in [3.8, 4) is 0 Å². The van der Waals surface area contributed by atoms with Gasteiger partial charge in [-0.1, -0.05) is 54.6 Å². The Labute approximate surface area is 122 Å². The van der Waals surface area contributed by atoms with Crippen LogP contribution in [-0.4, -0.2) is 22.2 Å². The van der Waals surface area contributed by atoms with E-state index in [1.807, 2.05) is 36.4 Å². The van der Waals surface area contributed by atoms with Gasteiger partial charge in [-0.05, 0) is 30.0 Å². The maximum absolute atomic E-state index is 11.4. The molecule has 0 aliphatic carbocycles. The number of benzene rings is 2. The van der Waals surface area contributed by atoms with Crippen LogP contribution in [-0.2, 0) is 21.4 Å². The Morgan fingerprint density at radius 1 is 0.905 bits per heavy atom. The summed E-state index contributed by atoms with van der Waals surface area (Å²) in [7, 11) is 0. The van der Waals surface area contributed by atoms with Crippen LogP contribution in [0.1, 0.15) is 23.6 Å². The van der Waals surface area contributed by atoms with Gasteiger partial charge in [0.05, 0.1) is 0 Å². The third-order valence-electron chi connectivity index (χ3n) is 3.61. The highest BCUT2D eigenvalue weighted by atomic mass is 16.4. The van der Waals surface area contributed by atoms with Gasteiger partial charge in [0, 0.05) is 0 Å². The molecular formula is C17H16O4. The van der Waals surface area contributed by atoms with Crippen molar-refractivity contribution in [2.45, 2.75) is 18.8 Å². The summed E-state index contributed by atoms with van der Waals surface area (Å²) >= 11 is 0. The van der Waals surface area contributed by atoms with E-state index in [4.69, 9.17) is 0 Å². The van der Waals surface area contributed by atoms with Gasteiger partial charge in [0.25, 0.3) is 0 Å². The molecule has 0 amide bonds. The van der Waals surface area contributed by atoms with E-state index in [2.05, 4.69) is 0 Å². The molecule has 0 spiro atoms. The SMILES string of the molecule is CC(C(=O)O)(C(=O)O)c1cccc(Cc2ccccc2)c1. The minimum atomic E-state index is -1.94. The zero-order chi connectivity index (χ0) is 15.5. The minimum Gasteiger partial charge on any atom is -0.480 e. The molecule has 2 aromatic rings. The monoisotopic (exact) mass is 284 g/mol. The molecule has 2 N–H and O–H groups in total. The Balaban J connectivity index is 2.37. The molecule has 4 heteroatoms. The first kappa shape index (κ1) is 14.8. The van der Waals surface area contributed by atoms with Crippen LogP contribution in [0.3, 0.4) is 0 Å². The first-order valence-corrected chi connectivity index (χ1v) is 6.54. The van der Waals surface area contributed by atoms with Crippen LogP contribution < -0.4 is 0 Å². The van der Waals surface area contributed by atoms with E-state index in [1.165, 1.54) is 13.0 Å². The van der Waals surface area contributed by atoms with E-state index in [1.54, 1.807) is 12.1 Å². The molecule has 2 aromatic carbocycles. The molecule has 4 nitrogen and oxygen atoms in total. The Morgan fingerprint density at radius 3 is 2.05 bits per heavy atom. The van der Waals surface area contributed by atoms with Gasteiger partial charge in [-0.2, -0.15) is 0 Å². The largest absolute Gasteiger partial charge is 0.480 e. The molecule has 0 saturated carbocycles. The van der Waals surface area contributed by atoms with E-state index < -0.39 is 17.4 Å². The predicted octanol–water partition coefficient (Wildman–Crippen LogP) is 2.70. The van der Waals surface area contributed by atoms with Crippen molar-refractivity contribution in [2.24, 2.45) is 0 Å². The van der Waals surface area contributed by atoms with Crippen LogP contribution in [0, 0.1) is 0 Å². The van der Waals surface area contributed by atoms with Gasteiger partial charge in [0.15, 0.2) is 5.41 Å². The highest BCUT2D eigenvalue weighted by Gasteiger charge is 2.43. The van der Waals surface area contributed by atoms with Gasteiger partial charge >= 0.3 is 11.9 Å². The number of carboxylic acids is 2. The average Bonchev–Trinajstić information content (AvgIpc) is 2.47. The van der Waals surface area contributed by atoms with E-state index >= 15 is 0 Å². The summed E-state index contributed by atoms with van der Waals surface area (Å²) < 4.78 is 0. The second-order valence-electron chi connectivity index (χ2n) is 5.10.